The molecule has 18 aromatic rings. The van der Waals surface area contributed by atoms with Crippen LogP contribution >= 0.6 is 98.5 Å². The van der Waals surface area contributed by atoms with Gasteiger partial charge in [0.25, 0.3) is 0 Å². The van der Waals surface area contributed by atoms with E-state index in [1.165, 1.54) is 0 Å². The summed E-state index contributed by atoms with van der Waals surface area (Å²) in [5.74, 6) is 8.69. The highest BCUT2D eigenvalue weighted by atomic mass is 79.9. The zero-order valence-electron chi connectivity index (χ0n) is 82.0. The number of rotatable bonds is 11. The van der Waals surface area contributed by atoms with Crippen LogP contribution in [0.4, 0.5) is 51.2 Å². The number of benzene rings is 9. The maximum atomic E-state index is 6.23. The van der Waals surface area contributed by atoms with Crippen LogP contribution in [0.2, 0.25) is 15.1 Å². The molecule has 0 unspecified atom stereocenters. The van der Waals surface area contributed by atoms with Gasteiger partial charge >= 0.3 is 0 Å². The highest BCUT2D eigenvalue weighted by Crippen LogP contribution is 2.39. The van der Waals surface area contributed by atoms with Gasteiger partial charge in [-0.25, -0.2) is 44.9 Å². The molecule has 0 radical (unpaired) electrons. The lowest BCUT2D eigenvalue weighted by Crippen LogP contribution is -2.26. The number of fused-ring (bicyclic) bond motifs is 9. The number of anilines is 9. The van der Waals surface area contributed by atoms with Gasteiger partial charge in [0.1, 0.15) is 38.9 Å². The molecular weight excluding hydrogens is 2230 g/mol. The minimum atomic E-state index is 0.386. The monoisotopic (exact) mass is 2340 g/mol. The summed E-state index contributed by atoms with van der Waals surface area (Å²) >= 11 is 32.8. The summed E-state index contributed by atoms with van der Waals surface area (Å²) in [6.45, 7) is 28.1. The maximum absolute atomic E-state index is 6.23. The number of aromatic nitrogens is 18. The van der Waals surface area contributed by atoms with Gasteiger partial charge < -0.3 is 140 Å². The van der Waals surface area contributed by atoms with Crippen LogP contribution in [0.3, 0.4) is 0 Å². The van der Waals surface area contributed by atoms with E-state index in [4.69, 9.17) is 34.8 Å². The van der Waals surface area contributed by atoms with E-state index in [2.05, 4.69) is 353 Å². The van der Waals surface area contributed by atoms with Crippen molar-refractivity contribution in [2.75, 3.05) is 166 Å². The first kappa shape index (κ1) is 103. The lowest BCUT2D eigenvalue weighted by atomic mass is 10.1. The molecule has 0 atom stereocenters. The number of hydrogen-bond donors (Lipinski definition) is 26. The largest absolute Gasteiger partial charge is 0.354 e. The summed E-state index contributed by atoms with van der Waals surface area (Å²) in [4.78, 5) is 102. The molecule has 26 N–H and O–H groups in total. The molecule has 0 bridgehead atoms. The Kier molecular flexibility index (Phi) is 33.4. The topological polar surface area (TPSA) is 575 Å². The van der Waals surface area contributed by atoms with Crippen LogP contribution in [-0.4, -0.2) is 261 Å². The maximum Gasteiger partial charge on any atom is 0.195 e. The minimum Gasteiger partial charge on any atom is -0.354 e. The van der Waals surface area contributed by atoms with E-state index in [0.717, 1.165) is 357 Å². The Bertz CT molecular complexity index is 7800. The number of nitrogens with one attached hydrogen (secondary N) is 26. The van der Waals surface area contributed by atoms with Crippen molar-refractivity contribution in [1.29, 1.82) is 0 Å². The molecule has 9 aliphatic rings. The molecule has 18 heterocycles. The fourth-order valence-corrected chi connectivity index (χ4v) is 19.4. The van der Waals surface area contributed by atoms with Crippen LogP contribution in [-0.2, 0) is 0 Å². The van der Waals surface area contributed by atoms with Crippen LogP contribution in [0, 0.1) is 13.8 Å². The summed E-state index contributed by atoms with van der Waals surface area (Å²) < 4.78 is 5.94. The highest BCUT2D eigenvalue weighted by molar-refractivity contribution is 9.11. The van der Waals surface area contributed by atoms with Crippen LogP contribution < -0.4 is 95.7 Å². The molecule has 0 amide bonds. The number of aryl methyl sites for hydroxylation is 2. The molecule has 0 saturated carbocycles. The fraction of sp³-hybridized carbons (Fsp3) is 0.265. The van der Waals surface area contributed by atoms with Crippen molar-refractivity contribution in [2.45, 2.75) is 53.5 Å². The molecule has 9 aromatic heterocycles. The number of guanidine groups is 9. The number of halogens is 7. The second-order valence-electron chi connectivity index (χ2n) is 35.0. The summed E-state index contributed by atoms with van der Waals surface area (Å²) in [6, 6.07) is 36.2. The third kappa shape index (κ3) is 25.3. The van der Waals surface area contributed by atoms with Gasteiger partial charge in [0.2, 0.25) is 0 Å². The van der Waals surface area contributed by atoms with Crippen molar-refractivity contribution in [3.05, 3.63) is 210 Å². The van der Waals surface area contributed by atoms with Gasteiger partial charge in [-0.3, -0.25) is 44.9 Å². The second kappa shape index (κ2) is 48.6. The number of imidazole rings is 9. The lowest BCUT2D eigenvalue weighted by Gasteiger charge is -2.11. The van der Waals surface area contributed by atoms with Crippen molar-refractivity contribution in [3.63, 3.8) is 0 Å². The second-order valence-corrected chi connectivity index (χ2v) is 39.4. The Morgan fingerprint density at radius 1 is 0.300 bits per heavy atom. The van der Waals surface area contributed by atoms with Gasteiger partial charge in [0, 0.05) is 99.2 Å². The van der Waals surface area contributed by atoms with Crippen molar-refractivity contribution in [1.82, 2.24) is 137 Å². The molecule has 0 spiro atoms. The van der Waals surface area contributed by atoms with Gasteiger partial charge in [0.05, 0.1) is 237 Å². The van der Waals surface area contributed by atoms with Gasteiger partial charge in [-0.2, -0.15) is 0 Å². The lowest BCUT2D eigenvalue weighted by molar-refractivity contribution is 0.617. The van der Waals surface area contributed by atoms with Crippen LogP contribution in [0.15, 0.2) is 223 Å². The van der Waals surface area contributed by atoms with Crippen molar-refractivity contribution >= 4 is 303 Å². The normalized spacial score (nSPS) is 14.9. The number of aliphatic imine (C=N–C) groups is 9. The summed E-state index contributed by atoms with van der Waals surface area (Å²) in [6.07, 6.45) is 13.6. The van der Waals surface area contributed by atoms with Crippen molar-refractivity contribution in [2.24, 2.45) is 44.9 Å². The Hall–Kier alpha value is -15.6. The van der Waals surface area contributed by atoms with Gasteiger partial charge in [0.15, 0.2) is 53.6 Å². The van der Waals surface area contributed by atoms with E-state index < -0.39 is 0 Å². The first-order valence-electron chi connectivity index (χ1n) is 48.5. The molecule has 9 aromatic carbocycles. The number of nitrogens with zero attached hydrogens (tertiary/aromatic N) is 19. The zero-order valence-corrected chi connectivity index (χ0v) is 90.6. The molecule has 0 fully saturated rings. The van der Waals surface area contributed by atoms with E-state index >= 15 is 0 Å². The predicted octanol–water partition coefficient (Wildman–Crippen LogP) is 16.2. The Labute approximate surface area is 906 Å². The fourth-order valence-electron chi connectivity index (χ4n) is 16.5. The van der Waals surface area contributed by atoms with E-state index in [1.54, 1.807) is 44.3 Å². The van der Waals surface area contributed by atoms with Crippen LogP contribution in [0.1, 0.15) is 56.6 Å². The minimum absolute atomic E-state index is 0.386. The average molecular weight is 2340 g/mol. The smallest absolute Gasteiger partial charge is 0.195 e. The molecule has 0 aliphatic carbocycles. The van der Waals surface area contributed by atoms with E-state index in [-0.39, 0.29) is 0 Å². The predicted molar refractivity (Wildman–Crippen MR) is 624 cm³/mol. The SMILES string of the molecule is Brc1c(NC2=NCCN2)ccc2[nH]cnc12.CC(C)c1nc2c(Br)c(NC3=NCCN3)ccc2[nH]1.CC(C)n1cnc2c(Br)c(NC3=NCCN3)ccc21.Cc1c(NC2=NCCN2)ccc2[nH]cnc12.Cc1cc(NC2=NCCN2)cc2[nH]cnc12.Clc1c(NC2=NCCN2)ccc2[nH]cnc12.Clc1cc(NC2=NCCN2)c(Br)c2[nH]cnc12.Clc1cc(NC2=NCCN2)cc2[nH]cnc12.c1nc2ccc(NC3=NCCN3)cc2[nH]1. The highest BCUT2D eigenvalue weighted by Gasteiger charge is 2.23. The summed E-state index contributed by atoms with van der Waals surface area (Å²) in [5, 5.41) is 59.4. The third-order valence-electron chi connectivity index (χ3n) is 23.9. The Morgan fingerprint density at radius 3 is 1.19 bits per heavy atom. The van der Waals surface area contributed by atoms with Crippen LogP contribution in [0.5, 0.6) is 0 Å². The van der Waals surface area contributed by atoms with Gasteiger partial charge in [-0.05, 0) is 206 Å². The number of hydrogen-bond acceptors (Lipinski definition) is 36. The standard InChI is InChI=1S/2C13H16BrN5.2C11H13N5.C10H9BrClN5.C10H10BrN5.2C10H10ClN5.C10H11N5/c1-8(2)19-7-17-12-10(19)4-3-9(11(12)14)18-13-15-5-6-16-13;1-7(2)12-17-9-4-3-8(10(14)11(9)19-12)18-13-15-5-6-16-13;1-7-4-8(16-11-12-2-3-13-11)5-9-10(7)15-6-14-9;1-7-8(16-11-12-4-5-13-11)2-3-9-10(7)15-6-14-9;11-7-6(17-10-13-1-2-14-10)3-5(12)8-9(7)16-4-15-8;11-8-6(16-10-12-3-4-13-10)1-2-7-9(8)15-5-14-7;11-7-3-6(16-10-12-1-2-13-10)4-8-9(7)15-5-14-8;11-8-6(16-10-12-3-4-13-10)1-2-7-9(8)15-5-14-7;1-2-8-9(14-6-13-8)5-7(1)15-10-11-3-4-12-10/h3-4,7-8H,5-6H2,1-2H3,(H2,15,16,18);3-4,7H,5-6H2,1-2H3,(H,17,19)(H2,15,16,18);4-6H,2-3H2,1H3,(H,14,15)(H2,12,13,16);2-3,6H,4-5H2,1H3,(H,14,15)(H2,12,13,16);3-4H,1-2H2,(H,15,16)(H2,13,14,17);1-2,5H,3-4H2,(H,14,15)(H2,12,13,16);3-5H,1-2H2,(H,14,15)(H2,12,13,16);1-2,5H,3-4H2,(H,14,15)(H2,12,13,16);1-2,5-6H,3-4H2,(H,13,14)(H2,11,12,15). The molecule has 9 aliphatic heterocycles. The molecule has 0 saturated heterocycles. The molecule has 774 valence electrons. The Morgan fingerprint density at radius 2 is 0.673 bits per heavy atom. The summed E-state index contributed by atoms with van der Waals surface area (Å²) in [7, 11) is 0. The van der Waals surface area contributed by atoms with E-state index in [9.17, 15) is 0 Å². The number of H-pyrrole nitrogens is 8. The van der Waals surface area contributed by atoms with Crippen LogP contribution in [0.25, 0.3) is 99.3 Å². The molecule has 27 rings (SSSR count). The first-order chi connectivity index (χ1) is 73.2. The molecule has 52 heteroatoms. The van der Waals surface area contributed by atoms with Gasteiger partial charge in [-0.1, -0.05) is 48.7 Å². The van der Waals surface area contributed by atoms with Gasteiger partial charge in [-0.15, -0.1) is 0 Å². The first-order valence-corrected chi connectivity index (χ1v) is 52.8. The van der Waals surface area contributed by atoms with Crippen molar-refractivity contribution < 1.29 is 0 Å². The summed E-state index contributed by atoms with van der Waals surface area (Å²) in [5.41, 5.74) is 28.1. The quantitative estimate of drug-likeness (QED) is 0.0572. The number of aromatic amines is 8. The van der Waals surface area contributed by atoms with E-state index in [0.29, 0.717) is 27.0 Å². The molecule has 150 heavy (non-hydrogen) atoms. The van der Waals surface area contributed by atoms with E-state index in [1.807, 2.05) is 97.3 Å². The molecular formula is C98H108Br4Cl3N45. The van der Waals surface area contributed by atoms with Crippen molar-refractivity contribution in [3.8, 4) is 0 Å². The average Bonchev–Trinajstić information content (AvgIpc) is 1.65. The molecule has 45 nitrogen and oxygen atoms in total. The Balaban J connectivity index is 0.000000106. The third-order valence-corrected chi connectivity index (χ3v) is 28.1. The zero-order chi connectivity index (χ0) is 104.